The van der Waals surface area contributed by atoms with Gasteiger partial charge in [0.1, 0.15) is 6.07 Å². The molecule has 0 radical (unpaired) electrons. The molecule has 0 aromatic heterocycles. The Labute approximate surface area is 122 Å². The number of nitrogens with one attached hydrogen (secondary N) is 1. The van der Waals surface area contributed by atoms with E-state index in [0.717, 1.165) is 23.7 Å². The van der Waals surface area contributed by atoms with Gasteiger partial charge in [-0.3, -0.25) is 4.72 Å². The highest BCUT2D eigenvalue weighted by Gasteiger charge is 2.27. The quantitative estimate of drug-likeness (QED) is 0.914. The smallest absolute Gasteiger partial charge is 0.235 e. The van der Waals surface area contributed by atoms with Crippen molar-refractivity contribution in [1.82, 2.24) is 0 Å². The second kappa shape index (κ2) is 5.93. The van der Waals surface area contributed by atoms with Gasteiger partial charge in [0.05, 0.1) is 16.5 Å². The molecule has 0 aliphatic heterocycles. The Morgan fingerprint density at radius 1 is 1.26 bits per heavy atom. The van der Waals surface area contributed by atoms with Crippen molar-refractivity contribution >= 4 is 31.6 Å². The zero-order chi connectivity index (χ0) is 13.9. The van der Waals surface area contributed by atoms with Gasteiger partial charge < -0.3 is 0 Å². The third-order valence-electron chi connectivity index (χ3n) is 3.35. The van der Waals surface area contributed by atoms with Gasteiger partial charge in [-0.25, -0.2) is 8.42 Å². The molecule has 6 heteroatoms. The summed E-state index contributed by atoms with van der Waals surface area (Å²) in [7, 11) is -3.41. The fraction of sp³-hybridized carbons (Fsp3) is 0.462. The van der Waals surface area contributed by atoms with E-state index >= 15 is 0 Å². The predicted molar refractivity (Wildman–Crippen MR) is 78.3 cm³/mol. The predicted octanol–water partition coefficient (Wildman–Crippen LogP) is 3.40. The molecule has 1 aliphatic rings. The van der Waals surface area contributed by atoms with Crippen molar-refractivity contribution in [2.45, 2.75) is 37.4 Å². The van der Waals surface area contributed by atoms with Crippen LogP contribution in [0.25, 0.3) is 0 Å². The average Bonchev–Trinajstić information content (AvgIpc) is 2.39. The molecule has 19 heavy (non-hydrogen) atoms. The van der Waals surface area contributed by atoms with Gasteiger partial charge in [-0.1, -0.05) is 35.2 Å². The molecule has 0 bridgehead atoms. The van der Waals surface area contributed by atoms with Gasteiger partial charge in [-0.2, -0.15) is 5.26 Å². The molecule has 1 aromatic carbocycles. The maximum absolute atomic E-state index is 12.3. The second-order valence-corrected chi connectivity index (χ2v) is 7.59. The van der Waals surface area contributed by atoms with Crippen LogP contribution in [0.1, 0.15) is 37.7 Å². The summed E-state index contributed by atoms with van der Waals surface area (Å²) in [6.45, 7) is 0. The minimum Gasteiger partial charge on any atom is -0.282 e. The summed E-state index contributed by atoms with van der Waals surface area (Å²) in [5.74, 6) is 0. The Morgan fingerprint density at radius 3 is 2.58 bits per heavy atom. The summed E-state index contributed by atoms with van der Waals surface area (Å²) < 4.78 is 27.9. The van der Waals surface area contributed by atoms with Crippen molar-refractivity contribution in [3.63, 3.8) is 0 Å². The number of nitrogens with zero attached hydrogens (tertiary/aromatic N) is 1. The summed E-state index contributed by atoms with van der Waals surface area (Å²) in [4.78, 5) is 0. The summed E-state index contributed by atoms with van der Waals surface area (Å²) in [6.07, 6.45) is 4.41. The number of halogens is 1. The molecule has 0 unspecified atom stereocenters. The molecule has 1 N–H and O–H groups in total. The maximum Gasteiger partial charge on any atom is 0.235 e. The highest BCUT2D eigenvalue weighted by atomic mass is 79.9. The Kier molecular flexibility index (Phi) is 4.48. The molecule has 2 rings (SSSR count). The monoisotopic (exact) mass is 342 g/mol. The molecular formula is C13H15BrN2O2S. The average molecular weight is 343 g/mol. The molecule has 4 nitrogen and oxygen atoms in total. The van der Waals surface area contributed by atoms with E-state index in [-0.39, 0.29) is 5.25 Å². The number of sulfonamides is 1. The molecule has 0 amide bonds. The van der Waals surface area contributed by atoms with Gasteiger partial charge in [-0.05, 0) is 31.0 Å². The Morgan fingerprint density at radius 2 is 1.95 bits per heavy atom. The molecule has 0 saturated heterocycles. The van der Waals surface area contributed by atoms with Crippen molar-refractivity contribution in [2.24, 2.45) is 0 Å². The number of rotatable bonds is 3. The Bertz CT molecular complexity index is 602. The van der Waals surface area contributed by atoms with E-state index < -0.39 is 10.0 Å². The number of anilines is 1. The fourth-order valence-corrected chi connectivity index (χ4v) is 4.27. The van der Waals surface area contributed by atoms with Crippen LogP contribution in [0.5, 0.6) is 0 Å². The molecule has 1 aromatic rings. The molecule has 1 saturated carbocycles. The van der Waals surface area contributed by atoms with Crippen LogP contribution in [0.4, 0.5) is 5.69 Å². The van der Waals surface area contributed by atoms with Crippen LogP contribution in [0, 0.1) is 11.3 Å². The topological polar surface area (TPSA) is 70.0 Å². The van der Waals surface area contributed by atoms with E-state index in [1.807, 2.05) is 6.07 Å². The zero-order valence-electron chi connectivity index (χ0n) is 10.4. The Balaban J connectivity index is 2.25. The second-order valence-electron chi connectivity index (χ2n) is 4.71. The van der Waals surface area contributed by atoms with Crippen molar-refractivity contribution < 1.29 is 8.42 Å². The molecular weight excluding hydrogens is 328 g/mol. The minimum absolute atomic E-state index is 0.336. The van der Waals surface area contributed by atoms with Gasteiger partial charge in [0.15, 0.2) is 0 Å². The van der Waals surface area contributed by atoms with Crippen molar-refractivity contribution in [3.8, 4) is 6.07 Å². The van der Waals surface area contributed by atoms with Crippen LogP contribution in [0.2, 0.25) is 0 Å². The first-order valence-electron chi connectivity index (χ1n) is 6.24. The lowest BCUT2D eigenvalue weighted by Crippen LogP contribution is -2.30. The van der Waals surface area contributed by atoms with Crippen molar-refractivity contribution in [3.05, 3.63) is 28.2 Å². The van der Waals surface area contributed by atoms with E-state index in [1.165, 1.54) is 0 Å². The van der Waals surface area contributed by atoms with Gasteiger partial charge in [0.2, 0.25) is 10.0 Å². The van der Waals surface area contributed by atoms with Crippen LogP contribution in [0.15, 0.2) is 22.7 Å². The largest absolute Gasteiger partial charge is 0.282 e. The first-order chi connectivity index (χ1) is 9.03. The van der Waals surface area contributed by atoms with Crippen LogP contribution in [-0.2, 0) is 10.0 Å². The summed E-state index contributed by atoms with van der Waals surface area (Å²) in [5, 5.41) is 8.68. The van der Waals surface area contributed by atoms with Crippen molar-refractivity contribution in [2.75, 3.05) is 4.72 Å². The highest BCUT2D eigenvalue weighted by molar-refractivity contribution is 9.10. The zero-order valence-corrected chi connectivity index (χ0v) is 12.8. The standard InChI is InChI=1S/C13H15BrN2O2S/c14-11-7-6-10(9-15)13(8-11)16-19(17,18)12-4-2-1-3-5-12/h6-8,12,16H,1-5H2. The minimum atomic E-state index is -3.41. The lowest BCUT2D eigenvalue weighted by atomic mass is 10.0. The first kappa shape index (κ1) is 14.4. The molecule has 1 fully saturated rings. The van der Waals surface area contributed by atoms with Crippen LogP contribution < -0.4 is 4.72 Å². The van der Waals surface area contributed by atoms with E-state index in [2.05, 4.69) is 20.7 Å². The van der Waals surface area contributed by atoms with Crippen LogP contribution in [-0.4, -0.2) is 13.7 Å². The maximum atomic E-state index is 12.3. The summed E-state index contributed by atoms with van der Waals surface area (Å²) >= 11 is 3.28. The van der Waals surface area contributed by atoms with Gasteiger partial charge in [-0.15, -0.1) is 0 Å². The Hall–Kier alpha value is -1.06. The number of hydrogen-bond donors (Lipinski definition) is 1. The molecule has 0 spiro atoms. The van der Waals surface area contributed by atoms with Gasteiger partial charge in [0.25, 0.3) is 0 Å². The molecule has 102 valence electrons. The fourth-order valence-electron chi connectivity index (χ4n) is 2.31. The lowest BCUT2D eigenvalue weighted by Gasteiger charge is -2.22. The normalized spacial score (nSPS) is 16.8. The third kappa shape index (κ3) is 3.48. The van der Waals surface area contributed by atoms with E-state index in [0.29, 0.717) is 24.1 Å². The van der Waals surface area contributed by atoms with E-state index in [4.69, 9.17) is 5.26 Å². The summed E-state index contributed by atoms with van der Waals surface area (Å²) in [5.41, 5.74) is 0.685. The van der Waals surface area contributed by atoms with Crippen molar-refractivity contribution in [1.29, 1.82) is 5.26 Å². The molecule has 0 atom stereocenters. The van der Waals surface area contributed by atoms with E-state index in [9.17, 15) is 8.42 Å². The number of benzene rings is 1. The number of hydrogen-bond acceptors (Lipinski definition) is 3. The molecule has 1 aliphatic carbocycles. The lowest BCUT2D eigenvalue weighted by molar-refractivity contribution is 0.486. The van der Waals surface area contributed by atoms with Crippen LogP contribution in [0.3, 0.4) is 0 Å². The van der Waals surface area contributed by atoms with Gasteiger partial charge in [0, 0.05) is 4.47 Å². The number of nitriles is 1. The van der Waals surface area contributed by atoms with E-state index in [1.54, 1.807) is 18.2 Å². The van der Waals surface area contributed by atoms with Crippen LogP contribution >= 0.6 is 15.9 Å². The summed E-state index contributed by atoms with van der Waals surface area (Å²) in [6, 6.07) is 6.94. The third-order valence-corrected chi connectivity index (χ3v) is 5.69. The van der Waals surface area contributed by atoms with Gasteiger partial charge >= 0.3 is 0 Å². The molecule has 0 heterocycles. The first-order valence-corrected chi connectivity index (χ1v) is 8.58. The highest BCUT2D eigenvalue weighted by Crippen LogP contribution is 2.27. The SMILES string of the molecule is N#Cc1ccc(Br)cc1NS(=O)(=O)C1CCCCC1.